The van der Waals surface area contributed by atoms with Crippen molar-refractivity contribution in [3.8, 4) is 0 Å². The second kappa shape index (κ2) is 6.08. The van der Waals surface area contributed by atoms with E-state index in [0.717, 1.165) is 6.08 Å². The largest absolute Gasteiger partial charge is 1.00 e. The number of carbonyl (C=O) groups is 3. The van der Waals surface area contributed by atoms with E-state index < -0.39 is 23.5 Å². The molecule has 1 rings (SSSR count). The van der Waals surface area contributed by atoms with Crippen molar-refractivity contribution >= 4 is 17.5 Å². The van der Waals surface area contributed by atoms with Crippen molar-refractivity contribution in [1.29, 1.82) is 0 Å². The standard InChI is InChI=1S/C8H8O4.Na.H2O/c1-4-3-6(10)7(5(2)9)8(11)12-4;;/h3,7H,1-2H3;;1H2/q;+1;. The van der Waals surface area contributed by atoms with Gasteiger partial charge in [0.1, 0.15) is 5.76 Å². The van der Waals surface area contributed by atoms with Gasteiger partial charge in [-0.3, -0.25) is 14.4 Å². The van der Waals surface area contributed by atoms with E-state index in [4.69, 9.17) is 0 Å². The third-order valence-corrected chi connectivity index (χ3v) is 1.53. The first kappa shape index (κ1) is 16.0. The monoisotopic (exact) mass is 209 g/mol. The number of Topliss-reactive ketones (excluding diaryl/α,β-unsaturated/α-hetero) is 1. The minimum Gasteiger partial charge on any atom is -0.430 e. The van der Waals surface area contributed by atoms with E-state index in [1.54, 1.807) is 0 Å². The summed E-state index contributed by atoms with van der Waals surface area (Å²) in [6.07, 6.45) is 1.16. The van der Waals surface area contributed by atoms with Crippen LogP contribution in [0.5, 0.6) is 0 Å². The van der Waals surface area contributed by atoms with Crippen molar-refractivity contribution in [3.63, 3.8) is 0 Å². The average Bonchev–Trinajstić information content (AvgIpc) is 1.82. The van der Waals surface area contributed by atoms with Crippen LogP contribution in [-0.4, -0.2) is 23.0 Å². The molecule has 5 nitrogen and oxygen atoms in total. The van der Waals surface area contributed by atoms with Gasteiger partial charge in [0.05, 0.1) is 0 Å². The Morgan fingerprint density at radius 1 is 1.43 bits per heavy atom. The first-order valence-electron chi connectivity index (χ1n) is 3.46. The quantitative estimate of drug-likeness (QED) is 0.253. The molecule has 0 aromatic carbocycles. The zero-order chi connectivity index (χ0) is 9.30. The zero-order valence-corrected chi connectivity index (χ0v) is 10.3. The maximum atomic E-state index is 11.1. The molecule has 1 atom stereocenters. The van der Waals surface area contributed by atoms with E-state index >= 15 is 0 Å². The summed E-state index contributed by atoms with van der Waals surface area (Å²) in [5.74, 6) is -2.74. The van der Waals surface area contributed by atoms with Crippen LogP contribution < -0.4 is 29.6 Å². The maximum Gasteiger partial charge on any atom is 1.00 e. The predicted octanol–water partition coefficient (Wildman–Crippen LogP) is -3.60. The molecule has 0 saturated carbocycles. The molecule has 14 heavy (non-hydrogen) atoms. The molecule has 1 aliphatic rings. The van der Waals surface area contributed by atoms with E-state index in [9.17, 15) is 14.4 Å². The number of rotatable bonds is 1. The van der Waals surface area contributed by atoms with Gasteiger partial charge in [-0.1, -0.05) is 0 Å². The number of carbonyl (C=O) groups excluding carboxylic acids is 3. The molecule has 0 aromatic rings. The summed E-state index contributed by atoms with van der Waals surface area (Å²) < 4.78 is 4.61. The van der Waals surface area contributed by atoms with Gasteiger partial charge in [-0.2, -0.15) is 0 Å². The fraction of sp³-hybridized carbons (Fsp3) is 0.375. The third kappa shape index (κ3) is 3.34. The molecular formula is C8H10NaO5+. The van der Waals surface area contributed by atoms with Gasteiger partial charge in [-0.25, -0.2) is 0 Å². The molecule has 1 unspecified atom stereocenters. The SMILES string of the molecule is CC(=O)C1C(=O)C=C(C)OC1=O.O.[Na+]. The fourth-order valence-corrected chi connectivity index (χ4v) is 1.01. The van der Waals surface area contributed by atoms with Gasteiger partial charge in [0.25, 0.3) is 0 Å². The van der Waals surface area contributed by atoms with Gasteiger partial charge >= 0.3 is 35.5 Å². The molecule has 0 spiro atoms. The van der Waals surface area contributed by atoms with Crippen LogP contribution in [-0.2, 0) is 19.1 Å². The molecule has 0 aliphatic carbocycles. The molecule has 0 fully saturated rings. The predicted molar refractivity (Wildman–Crippen MR) is 42.6 cm³/mol. The van der Waals surface area contributed by atoms with Crippen LogP contribution in [0.2, 0.25) is 0 Å². The molecule has 1 heterocycles. The molecule has 0 saturated heterocycles. The summed E-state index contributed by atoms with van der Waals surface area (Å²) in [6, 6.07) is 0. The van der Waals surface area contributed by atoms with Crippen LogP contribution in [0.1, 0.15) is 13.8 Å². The van der Waals surface area contributed by atoms with Crippen molar-refractivity contribution in [2.75, 3.05) is 0 Å². The van der Waals surface area contributed by atoms with Crippen LogP contribution >= 0.6 is 0 Å². The number of hydrogen-bond donors (Lipinski definition) is 0. The van der Waals surface area contributed by atoms with E-state index in [1.807, 2.05) is 0 Å². The molecule has 6 heteroatoms. The van der Waals surface area contributed by atoms with Crippen LogP contribution in [0.4, 0.5) is 0 Å². The molecule has 0 bridgehead atoms. The van der Waals surface area contributed by atoms with E-state index in [2.05, 4.69) is 4.74 Å². The second-order valence-electron chi connectivity index (χ2n) is 2.62. The Hall–Kier alpha value is -0.490. The Balaban J connectivity index is 0. The minimum absolute atomic E-state index is 0. The topological polar surface area (TPSA) is 91.9 Å². The van der Waals surface area contributed by atoms with Crippen LogP contribution in [0, 0.1) is 5.92 Å². The average molecular weight is 209 g/mol. The first-order chi connectivity index (χ1) is 5.52. The summed E-state index contributed by atoms with van der Waals surface area (Å²) >= 11 is 0. The minimum atomic E-state index is -1.24. The Labute approximate surface area is 103 Å². The van der Waals surface area contributed by atoms with Gasteiger partial charge < -0.3 is 10.2 Å². The Morgan fingerprint density at radius 3 is 2.29 bits per heavy atom. The van der Waals surface area contributed by atoms with E-state index in [0.29, 0.717) is 0 Å². The summed E-state index contributed by atoms with van der Waals surface area (Å²) in [5, 5.41) is 0. The number of cyclic esters (lactones) is 1. The Morgan fingerprint density at radius 2 is 1.93 bits per heavy atom. The first-order valence-corrected chi connectivity index (χ1v) is 3.46. The van der Waals surface area contributed by atoms with Gasteiger partial charge in [-0.15, -0.1) is 0 Å². The zero-order valence-electron chi connectivity index (χ0n) is 8.29. The van der Waals surface area contributed by atoms with Crippen molar-refractivity contribution in [2.45, 2.75) is 13.8 Å². The molecule has 0 radical (unpaired) electrons. The second-order valence-corrected chi connectivity index (χ2v) is 2.62. The van der Waals surface area contributed by atoms with E-state index in [-0.39, 0.29) is 40.8 Å². The summed E-state index contributed by atoms with van der Waals surface area (Å²) in [7, 11) is 0. The van der Waals surface area contributed by atoms with Gasteiger partial charge in [0, 0.05) is 6.08 Å². The molecular weight excluding hydrogens is 199 g/mol. The van der Waals surface area contributed by atoms with Crippen LogP contribution in [0.3, 0.4) is 0 Å². The number of esters is 1. The van der Waals surface area contributed by atoms with Gasteiger partial charge in [0.2, 0.25) is 0 Å². The third-order valence-electron chi connectivity index (χ3n) is 1.53. The van der Waals surface area contributed by atoms with Crippen molar-refractivity contribution in [2.24, 2.45) is 5.92 Å². The number of allylic oxidation sites excluding steroid dienone is 2. The Kier molecular flexibility index (Phi) is 6.93. The van der Waals surface area contributed by atoms with Crippen molar-refractivity contribution in [3.05, 3.63) is 11.8 Å². The van der Waals surface area contributed by atoms with Crippen LogP contribution in [0.15, 0.2) is 11.8 Å². The van der Waals surface area contributed by atoms with Crippen molar-refractivity contribution < 1.29 is 54.2 Å². The number of ketones is 2. The van der Waals surface area contributed by atoms with Crippen molar-refractivity contribution in [1.82, 2.24) is 0 Å². The normalized spacial score (nSPS) is 19.9. The summed E-state index contributed by atoms with van der Waals surface area (Å²) in [4.78, 5) is 32.8. The summed E-state index contributed by atoms with van der Waals surface area (Å²) in [5.41, 5.74) is 0. The Bertz CT molecular complexity index is 294. The smallest absolute Gasteiger partial charge is 0.430 e. The summed E-state index contributed by atoms with van der Waals surface area (Å²) in [6.45, 7) is 2.68. The van der Waals surface area contributed by atoms with Gasteiger partial charge in [0.15, 0.2) is 17.5 Å². The molecule has 2 N–H and O–H groups in total. The number of hydrogen-bond acceptors (Lipinski definition) is 4. The molecule has 1 aliphatic heterocycles. The fourth-order valence-electron chi connectivity index (χ4n) is 1.01. The molecule has 0 amide bonds. The maximum absolute atomic E-state index is 11.1. The van der Waals surface area contributed by atoms with Crippen LogP contribution in [0.25, 0.3) is 0 Å². The molecule has 72 valence electrons. The van der Waals surface area contributed by atoms with E-state index in [1.165, 1.54) is 13.8 Å². The number of ether oxygens (including phenoxy) is 1. The van der Waals surface area contributed by atoms with Gasteiger partial charge in [-0.05, 0) is 13.8 Å². The molecule has 0 aromatic heterocycles.